The number of rotatable bonds is 7. The van der Waals surface area contributed by atoms with Crippen molar-refractivity contribution in [2.45, 2.75) is 26.5 Å². The maximum Gasteiger partial charge on any atom is 0.373 e. The summed E-state index contributed by atoms with van der Waals surface area (Å²) in [4.78, 5) is 38.0. The summed E-state index contributed by atoms with van der Waals surface area (Å²) in [6.07, 6.45) is 1.50. The van der Waals surface area contributed by atoms with E-state index in [4.69, 9.17) is 13.9 Å². The summed E-state index contributed by atoms with van der Waals surface area (Å²) in [7, 11) is 2.77. The highest BCUT2D eigenvalue weighted by molar-refractivity contribution is 8.18. The van der Waals surface area contributed by atoms with Gasteiger partial charge in [-0.2, -0.15) is 0 Å². The second kappa shape index (κ2) is 9.08. The minimum Gasteiger partial charge on any atom is -0.493 e. The van der Waals surface area contributed by atoms with Gasteiger partial charge in [-0.05, 0) is 49.9 Å². The second-order valence-corrected chi connectivity index (χ2v) is 7.56. The van der Waals surface area contributed by atoms with Crippen LogP contribution in [0.2, 0.25) is 0 Å². The number of esters is 1. The SMILES string of the molecule is COC(=O)c1ccc(CN2C(=O)S/C(=C/c3cccc(OC)c3OC(C)C)C2=O)o1. The topological polar surface area (TPSA) is 95.3 Å². The third-order valence-electron chi connectivity index (χ3n) is 4.11. The first-order valence-corrected chi connectivity index (χ1v) is 9.91. The number of nitrogens with zero attached hydrogens (tertiary/aromatic N) is 1. The first kappa shape index (κ1) is 21.5. The van der Waals surface area contributed by atoms with E-state index in [1.54, 1.807) is 24.3 Å². The number of ether oxygens (including phenoxy) is 3. The zero-order valence-corrected chi connectivity index (χ0v) is 17.8. The first-order valence-electron chi connectivity index (χ1n) is 9.10. The Bertz CT molecular complexity index is 1010. The van der Waals surface area contributed by atoms with Crippen LogP contribution in [-0.4, -0.2) is 42.3 Å². The smallest absolute Gasteiger partial charge is 0.373 e. The molecule has 1 fully saturated rings. The van der Waals surface area contributed by atoms with E-state index in [-0.39, 0.29) is 23.3 Å². The maximum atomic E-state index is 12.8. The van der Waals surface area contributed by atoms with E-state index in [1.165, 1.54) is 26.4 Å². The van der Waals surface area contributed by atoms with Gasteiger partial charge in [-0.1, -0.05) is 12.1 Å². The summed E-state index contributed by atoms with van der Waals surface area (Å²) in [6, 6.07) is 8.27. The highest BCUT2D eigenvalue weighted by Gasteiger charge is 2.36. The van der Waals surface area contributed by atoms with E-state index >= 15 is 0 Å². The highest BCUT2D eigenvalue weighted by atomic mass is 32.2. The number of thioether (sulfide) groups is 1. The van der Waals surface area contributed by atoms with Crippen LogP contribution >= 0.6 is 11.8 Å². The van der Waals surface area contributed by atoms with Crippen LogP contribution in [0.1, 0.15) is 35.7 Å². The Labute approximate surface area is 177 Å². The fourth-order valence-electron chi connectivity index (χ4n) is 2.78. The molecule has 0 N–H and O–H groups in total. The largest absolute Gasteiger partial charge is 0.493 e. The lowest BCUT2D eigenvalue weighted by Gasteiger charge is -2.16. The molecule has 0 unspecified atom stereocenters. The number of benzene rings is 1. The minimum atomic E-state index is -0.633. The molecular weight excluding hydrogens is 410 g/mol. The van der Waals surface area contributed by atoms with Crippen molar-refractivity contribution in [3.05, 3.63) is 52.3 Å². The van der Waals surface area contributed by atoms with Gasteiger partial charge in [0.25, 0.3) is 11.1 Å². The normalized spacial score (nSPS) is 15.2. The molecule has 158 valence electrons. The van der Waals surface area contributed by atoms with Crippen LogP contribution in [0.5, 0.6) is 11.5 Å². The lowest BCUT2D eigenvalue weighted by atomic mass is 10.1. The molecule has 0 spiro atoms. The van der Waals surface area contributed by atoms with Crippen LogP contribution in [0.15, 0.2) is 39.7 Å². The van der Waals surface area contributed by atoms with Gasteiger partial charge < -0.3 is 18.6 Å². The van der Waals surface area contributed by atoms with Crippen molar-refractivity contribution in [3.63, 3.8) is 0 Å². The van der Waals surface area contributed by atoms with Gasteiger partial charge in [-0.3, -0.25) is 14.5 Å². The van der Waals surface area contributed by atoms with Crippen molar-refractivity contribution in [2.75, 3.05) is 14.2 Å². The Morgan fingerprint density at radius 1 is 1.20 bits per heavy atom. The quantitative estimate of drug-likeness (QED) is 0.478. The third-order valence-corrected chi connectivity index (χ3v) is 5.01. The van der Waals surface area contributed by atoms with Crippen molar-refractivity contribution in [1.29, 1.82) is 0 Å². The zero-order valence-electron chi connectivity index (χ0n) is 17.0. The minimum absolute atomic E-state index is 0.00173. The van der Waals surface area contributed by atoms with E-state index < -0.39 is 17.1 Å². The number of para-hydroxylation sites is 1. The summed E-state index contributed by atoms with van der Waals surface area (Å²) >= 11 is 0.823. The van der Waals surface area contributed by atoms with Gasteiger partial charge in [0.2, 0.25) is 5.76 Å². The van der Waals surface area contributed by atoms with E-state index in [9.17, 15) is 14.4 Å². The molecule has 0 bridgehead atoms. The van der Waals surface area contributed by atoms with Gasteiger partial charge in [0, 0.05) is 5.56 Å². The standard InChI is InChI=1S/C21H21NO7S/c1-12(2)28-18-13(6-5-7-15(18)26-3)10-17-19(23)22(21(25)30-17)11-14-8-9-16(29-14)20(24)27-4/h5-10,12H,11H2,1-4H3/b17-10+. The fraction of sp³-hybridized carbons (Fsp3) is 0.286. The van der Waals surface area contributed by atoms with Crippen molar-refractivity contribution in [2.24, 2.45) is 0 Å². The Kier molecular flexibility index (Phi) is 6.51. The van der Waals surface area contributed by atoms with E-state index in [0.717, 1.165) is 16.7 Å². The van der Waals surface area contributed by atoms with Crippen molar-refractivity contribution < 1.29 is 33.0 Å². The van der Waals surface area contributed by atoms with Crippen molar-refractivity contribution in [1.82, 2.24) is 4.90 Å². The molecule has 8 nitrogen and oxygen atoms in total. The third kappa shape index (κ3) is 4.51. The molecule has 30 heavy (non-hydrogen) atoms. The maximum absolute atomic E-state index is 12.8. The van der Waals surface area contributed by atoms with Gasteiger partial charge in [0.15, 0.2) is 11.5 Å². The van der Waals surface area contributed by atoms with Gasteiger partial charge in [-0.15, -0.1) is 0 Å². The van der Waals surface area contributed by atoms with E-state index in [2.05, 4.69) is 4.74 Å². The molecule has 0 saturated carbocycles. The molecule has 1 aliphatic heterocycles. The van der Waals surface area contributed by atoms with Gasteiger partial charge in [-0.25, -0.2) is 4.79 Å². The van der Waals surface area contributed by atoms with Crippen LogP contribution in [0.25, 0.3) is 6.08 Å². The Hall–Kier alpha value is -3.20. The van der Waals surface area contributed by atoms with Crippen molar-refractivity contribution in [3.8, 4) is 11.5 Å². The molecular formula is C21H21NO7S. The second-order valence-electron chi connectivity index (χ2n) is 6.57. The summed E-state index contributed by atoms with van der Waals surface area (Å²) in [6.45, 7) is 3.68. The number of hydrogen-bond acceptors (Lipinski definition) is 8. The van der Waals surface area contributed by atoms with Gasteiger partial charge in [0.1, 0.15) is 5.76 Å². The van der Waals surface area contributed by atoms with Gasteiger partial charge >= 0.3 is 5.97 Å². The Balaban J connectivity index is 1.85. The fourth-order valence-corrected chi connectivity index (χ4v) is 3.60. The zero-order chi connectivity index (χ0) is 21.8. The number of carbonyl (C=O) groups excluding carboxylic acids is 3. The molecule has 0 radical (unpaired) electrons. The van der Waals surface area contributed by atoms with Crippen LogP contribution < -0.4 is 9.47 Å². The molecule has 0 aliphatic carbocycles. The average Bonchev–Trinajstić information content (AvgIpc) is 3.29. The van der Waals surface area contributed by atoms with Crippen molar-refractivity contribution >= 4 is 35.0 Å². The number of methoxy groups -OCH3 is 2. The predicted molar refractivity (Wildman–Crippen MR) is 110 cm³/mol. The number of hydrogen-bond donors (Lipinski definition) is 0. The molecule has 2 amide bonds. The van der Waals surface area contributed by atoms with Crippen LogP contribution in [0.4, 0.5) is 4.79 Å². The number of imide groups is 1. The molecule has 9 heteroatoms. The van der Waals surface area contributed by atoms with E-state index in [1.807, 2.05) is 13.8 Å². The average molecular weight is 431 g/mol. The molecule has 1 aromatic carbocycles. The summed E-state index contributed by atoms with van der Waals surface area (Å²) in [5, 5.41) is -0.434. The molecule has 1 saturated heterocycles. The molecule has 2 aromatic rings. The van der Waals surface area contributed by atoms with Crippen LogP contribution in [0.3, 0.4) is 0 Å². The van der Waals surface area contributed by atoms with Gasteiger partial charge in [0.05, 0.1) is 31.8 Å². The molecule has 2 heterocycles. The Morgan fingerprint density at radius 3 is 2.63 bits per heavy atom. The first-order chi connectivity index (χ1) is 14.3. The molecule has 1 aliphatic rings. The van der Waals surface area contributed by atoms with Crippen LogP contribution in [0, 0.1) is 0 Å². The van der Waals surface area contributed by atoms with E-state index in [0.29, 0.717) is 22.8 Å². The highest BCUT2D eigenvalue weighted by Crippen LogP contribution is 2.38. The summed E-state index contributed by atoms with van der Waals surface area (Å²) in [5.74, 6) is 0.231. The monoisotopic (exact) mass is 431 g/mol. The molecule has 3 rings (SSSR count). The summed E-state index contributed by atoms with van der Waals surface area (Å²) < 4.78 is 21.2. The number of carbonyl (C=O) groups is 3. The summed E-state index contributed by atoms with van der Waals surface area (Å²) in [5.41, 5.74) is 0.625. The number of furan rings is 1. The molecule has 0 atom stereocenters. The predicted octanol–water partition coefficient (Wildman–Crippen LogP) is 4.10. The molecule has 1 aromatic heterocycles. The Morgan fingerprint density at radius 2 is 1.97 bits per heavy atom. The number of amides is 2. The van der Waals surface area contributed by atoms with Crippen LogP contribution in [-0.2, 0) is 16.1 Å². The lowest BCUT2D eigenvalue weighted by molar-refractivity contribution is -0.123. The lowest BCUT2D eigenvalue weighted by Crippen LogP contribution is -2.27.